The summed E-state index contributed by atoms with van der Waals surface area (Å²) in [4.78, 5) is 7.72. The molecule has 0 spiro atoms. The molecule has 1 aliphatic heterocycles. The summed E-state index contributed by atoms with van der Waals surface area (Å²) < 4.78 is 16.7. The Labute approximate surface area is 198 Å². The lowest BCUT2D eigenvalue weighted by molar-refractivity contribution is 0.193. The van der Waals surface area contributed by atoms with E-state index in [0.717, 1.165) is 41.6 Å². The van der Waals surface area contributed by atoms with E-state index in [9.17, 15) is 4.21 Å². The maximum absolute atomic E-state index is 13.3. The zero-order valence-corrected chi connectivity index (χ0v) is 19.8. The number of thiazole rings is 1. The van der Waals surface area contributed by atoms with Crippen LogP contribution in [0, 0.1) is 0 Å². The quantitative estimate of drug-likeness (QED) is 0.465. The Morgan fingerprint density at radius 3 is 2.64 bits per heavy atom. The smallest absolute Gasteiger partial charge is 0.182 e. The van der Waals surface area contributed by atoms with Gasteiger partial charge < -0.3 is 10.6 Å². The van der Waals surface area contributed by atoms with Crippen LogP contribution in [-0.2, 0) is 10.8 Å². The molecule has 2 aliphatic rings. The van der Waals surface area contributed by atoms with Crippen molar-refractivity contribution in [2.75, 3.05) is 18.8 Å². The molecule has 4 heterocycles. The van der Waals surface area contributed by atoms with Crippen LogP contribution < -0.4 is 5.73 Å². The van der Waals surface area contributed by atoms with Crippen LogP contribution in [0.4, 0.5) is 5.13 Å². The van der Waals surface area contributed by atoms with Gasteiger partial charge in [-0.05, 0) is 69.8 Å². The molecule has 2 N–H and O–H groups in total. The topological polar surface area (TPSA) is 108 Å². The van der Waals surface area contributed by atoms with Gasteiger partial charge in [-0.15, -0.1) is 21.5 Å². The summed E-state index contributed by atoms with van der Waals surface area (Å²) in [5, 5.41) is 15.7. The third-order valence-corrected chi connectivity index (χ3v) is 9.25. The van der Waals surface area contributed by atoms with Crippen LogP contribution in [0.3, 0.4) is 0 Å². The highest BCUT2D eigenvalue weighted by atomic mass is 32.2. The van der Waals surface area contributed by atoms with Crippen LogP contribution >= 0.6 is 11.3 Å². The van der Waals surface area contributed by atoms with Crippen LogP contribution in [0.15, 0.2) is 40.7 Å². The summed E-state index contributed by atoms with van der Waals surface area (Å²) in [6.07, 6.45) is 8.83. The minimum atomic E-state index is -1.03. The number of hydrogen-bond acceptors (Lipinski definition) is 8. The first-order chi connectivity index (χ1) is 16.2. The van der Waals surface area contributed by atoms with Gasteiger partial charge in [-0.2, -0.15) is 4.68 Å². The lowest BCUT2D eigenvalue weighted by atomic mass is 9.94. The summed E-state index contributed by atoms with van der Waals surface area (Å²) in [6, 6.07) is 8.35. The Kier molecular flexibility index (Phi) is 5.47. The highest BCUT2D eigenvalue weighted by Crippen LogP contribution is 2.31. The first-order valence-corrected chi connectivity index (χ1v) is 13.5. The van der Waals surface area contributed by atoms with E-state index < -0.39 is 10.8 Å². The zero-order chi connectivity index (χ0) is 22.4. The Morgan fingerprint density at radius 1 is 1.06 bits per heavy atom. The standard InChI is InChI=1S/C22H26N8OS2/c23-22-24-21(14-32-22)29-12-9-20(26-29)30-19-8-7-17(13-18(19)25-27-30)33(31)16-5-3-15(4-6-16)28-10-1-2-11-28/h7-9,12-16H,1-6,10-11H2,(H2,23,24). The minimum Gasteiger partial charge on any atom is -0.375 e. The molecule has 1 saturated carbocycles. The summed E-state index contributed by atoms with van der Waals surface area (Å²) in [7, 11) is -1.03. The number of nitrogen functional groups attached to an aromatic ring is 1. The first kappa shape index (κ1) is 20.9. The minimum absolute atomic E-state index is 0.220. The van der Waals surface area contributed by atoms with E-state index in [-0.39, 0.29) is 5.25 Å². The van der Waals surface area contributed by atoms with E-state index in [1.54, 1.807) is 9.36 Å². The predicted molar refractivity (Wildman–Crippen MR) is 129 cm³/mol. The highest BCUT2D eigenvalue weighted by molar-refractivity contribution is 7.85. The van der Waals surface area contributed by atoms with Gasteiger partial charge in [0.25, 0.3) is 0 Å². The maximum atomic E-state index is 13.3. The van der Waals surface area contributed by atoms with E-state index in [2.05, 4.69) is 25.3 Å². The second-order valence-corrected chi connectivity index (χ2v) is 11.4. The van der Waals surface area contributed by atoms with Crippen molar-refractivity contribution in [2.24, 2.45) is 0 Å². The molecule has 33 heavy (non-hydrogen) atoms. The number of fused-ring (bicyclic) bond motifs is 1. The molecule has 6 rings (SSSR count). The van der Waals surface area contributed by atoms with E-state index in [4.69, 9.17) is 5.73 Å². The first-order valence-electron chi connectivity index (χ1n) is 11.4. The van der Waals surface area contributed by atoms with Gasteiger partial charge in [-0.3, -0.25) is 4.21 Å². The van der Waals surface area contributed by atoms with Gasteiger partial charge in [0.15, 0.2) is 16.8 Å². The maximum Gasteiger partial charge on any atom is 0.182 e. The van der Waals surface area contributed by atoms with Gasteiger partial charge in [0, 0.05) is 33.8 Å². The molecule has 0 amide bonds. The monoisotopic (exact) mass is 482 g/mol. The number of anilines is 1. The van der Waals surface area contributed by atoms with Crippen LogP contribution in [0.2, 0.25) is 0 Å². The van der Waals surface area contributed by atoms with E-state index >= 15 is 0 Å². The lowest BCUT2D eigenvalue weighted by Gasteiger charge is -2.34. The Balaban J connectivity index is 1.19. The summed E-state index contributed by atoms with van der Waals surface area (Å²) in [5.74, 6) is 1.31. The van der Waals surface area contributed by atoms with Gasteiger partial charge in [0.2, 0.25) is 0 Å². The number of likely N-dealkylation sites (tertiary alicyclic amines) is 1. The van der Waals surface area contributed by atoms with E-state index in [1.807, 2.05) is 35.8 Å². The number of hydrogen-bond donors (Lipinski definition) is 1. The second kappa shape index (κ2) is 8.62. The molecule has 11 heteroatoms. The zero-order valence-electron chi connectivity index (χ0n) is 18.2. The van der Waals surface area contributed by atoms with Crippen molar-refractivity contribution in [3.8, 4) is 11.6 Å². The third-order valence-electron chi connectivity index (χ3n) is 6.79. The van der Waals surface area contributed by atoms with Gasteiger partial charge in [0.05, 0.1) is 16.3 Å². The fourth-order valence-corrected chi connectivity index (χ4v) is 7.11. The largest absolute Gasteiger partial charge is 0.375 e. The molecule has 1 aromatic carbocycles. The summed E-state index contributed by atoms with van der Waals surface area (Å²) in [6.45, 7) is 2.47. The third kappa shape index (κ3) is 3.98. The molecule has 1 atom stereocenters. The number of benzene rings is 1. The van der Waals surface area contributed by atoms with Crippen molar-refractivity contribution in [3.05, 3.63) is 35.8 Å². The van der Waals surface area contributed by atoms with Gasteiger partial charge in [-0.1, -0.05) is 5.21 Å². The molecule has 2 fully saturated rings. The van der Waals surface area contributed by atoms with Gasteiger partial charge >= 0.3 is 0 Å². The Morgan fingerprint density at radius 2 is 1.88 bits per heavy atom. The van der Waals surface area contributed by atoms with E-state index in [1.165, 1.54) is 37.3 Å². The normalized spacial score (nSPS) is 22.8. The number of nitrogens with two attached hydrogens (primary N) is 1. The van der Waals surface area contributed by atoms with Crippen molar-refractivity contribution in [2.45, 2.75) is 54.7 Å². The molecule has 1 aliphatic carbocycles. The molecule has 9 nitrogen and oxygen atoms in total. The molecular formula is C22H26N8OS2. The molecule has 1 unspecified atom stereocenters. The van der Waals surface area contributed by atoms with Crippen LogP contribution in [0.5, 0.6) is 0 Å². The number of rotatable bonds is 5. The Hall–Kier alpha value is -2.63. The van der Waals surface area contributed by atoms with Gasteiger partial charge in [0.1, 0.15) is 5.52 Å². The molecular weight excluding hydrogens is 456 g/mol. The number of nitrogens with zero attached hydrogens (tertiary/aromatic N) is 7. The summed E-state index contributed by atoms with van der Waals surface area (Å²) in [5.41, 5.74) is 7.28. The average Bonchev–Trinajstić information content (AvgIpc) is 3.64. The second-order valence-electron chi connectivity index (χ2n) is 8.79. The average molecular weight is 483 g/mol. The van der Waals surface area contributed by atoms with Crippen molar-refractivity contribution in [1.82, 2.24) is 34.7 Å². The molecule has 4 aromatic rings. The van der Waals surface area contributed by atoms with Gasteiger partial charge in [-0.25, -0.2) is 9.67 Å². The SMILES string of the molecule is Nc1nc(-n2ccc(-n3nnc4cc(S(=O)C5CCC(N6CCCC6)CC5)ccc43)n2)cs1. The van der Waals surface area contributed by atoms with Crippen LogP contribution in [0.25, 0.3) is 22.7 Å². The number of aromatic nitrogens is 6. The fourth-order valence-electron chi connectivity index (χ4n) is 5.06. The highest BCUT2D eigenvalue weighted by Gasteiger charge is 2.30. The summed E-state index contributed by atoms with van der Waals surface area (Å²) >= 11 is 1.37. The Bertz CT molecular complexity index is 1300. The molecule has 0 radical (unpaired) electrons. The van der Waals surface area contributed by atoms with Crippen LogP contribution in [-0.4, -0.2) is 63.2 Å². The van der Waals surface area contributed by atoms with Crippen molar-refractivity contribution >= 4 is 38.3 Å². The molecule has 1 saturated heterocycles. The van der Waals surface area contributed by atoms with E-state index in [0.29, 0.717) is 22.8 Å². The van der Waals surface area contributed by atoms with Crippen molar-refractivity contribution in [3.63, 3.8) is 0 Å². The van der Waals surface area contributed by atoms with Crippen molar-refractivity contribution in [1.29, 1.82) is 0 Å². The molecule has 172 valence electrons. The molecule has 3 aromatic heterocycles. The predicted octanol–water partition coefficient (Wildman–Crippen LogP) is 3.16. The van der Waals surface area contributed by atoms with Crippen LogP contribution in [0.1, 0.15) is 38.5 Å². The lowest BCUT2D eigenvalue weighted by Crippen LogP contribution is -2.38. The fraction of sp³-hybridized carbons (Fsp3) is 0.455. The van der Waals surface area contributed by atoms with Crippen molar-refractivity contribution < 1.29 is 4.21 Å². The molecule has 0 bridgehead atoms.